The third-order valence-corrected chi connectivity index (χ3v) is 4.64. The number of amides is 1. The van der Waals surface area contributed by atoms with Gasteiger partial charge in [-0.25, -0.2) is 4.39 Å². The molecule has 5 heteroatoms. The largest absolute Gasteiger partial charge is 0.351 e. The number of carbonyl (C=O) groups excluding carboxylic acids is 1. The van der Waals surface area contributed by atoms with Crippen LogP contribution in [0.4, 0.5) is 4.39 Å². The van der Waals surface area contributed by atoms with Crippen molar-refractivity contribution in [2.45, 2.75) is 26.2 Å². The van der Waals surface area contributed by atoms with Crippen LogP contribution >= 0.6 is 0 Å². The Labute approximate surface area is 136 Å². The van der Waals surface area contributed by atoms with E-state index in [9.17, 15) is 9.18 Å². The highest BCUT2D eigenvalue weighted by Gasteiger charge is 2.15. The lowest BCUT2D eigenvalue weighted by atomic mass is 9.99. The minimum absolute atomic E-state index is 0.131. The van der Waals surface area contributed by atoms with Gasteiger partial charge in [-0.2, -0.15) is 0 Å². The van der Waals surface area contributed by atoms with E-state index in [0.717, 1.165) is 29.8 Å². The van der Waals surface area contributed by atoms with Crippen molar-refractivity contribution in [3.8, 4) is 0 Å². The number of nitrogens with one attached hydrogen (secondary N) is 2. The molecule has 0 atom stereocenters. The molecule has 2 aromatic rings. The van der Waals surface area contributed by atoms with Crippen molar-refractivity contribution in [2.75, 3.05) is 26.2 Å². The van der Waals surface area contributed by atoms with E-state index in [1.54, 1.807) is 12.1 Å². The zero-order chi connectivity index (χ0) is 16.2. The second-order valence-electron chi connectivity index (χ2n) is 6.55. The standard InChI is InChI=1S/C18H24FN3O/c1-13-5-9-22(10-6-13)8-2-7-20-18(23)17-12-14-11-15(19)3-4-16(14)21-17/h3-4,11-13,21H,2,5-10H2,1H3,(H,20,23). The first-order chi connectivity index (χ1) is 11.1. The number of benzene rings is 1. The molecular weight excluding hydrogens is 293 g/mol. The van der Waals surface area contributed by atoms with Gasteiger partial charge in [0, 0.05) is 17.4 Å². The molecule has 1 aromatic carbocycles. The van der Waals surface area contributed by atoms with E-state index in [2.05, 4.69) is 22.1 Å². The number of fused-ring (bicyclic) bond motifs is 1. The number of H-pyrrole nitrogens is 1. The maximum atomic E-state index is 13.2. The van der Waals surface area contributed by atoms with E-state index in [0.29, 0.717) is 12.2 Å². The Hall–Kier alpha value is -1.88. The SMILES string of the molecule is CC1CCN(CCCNC(=O)c2cc3cc(F)ccc3[nH]2)CC1. The summed E-state index contributed by atoms with van der Waals surface area (Å²) >= 11 is 0. The molecule has 0 saturated carbocycles. The first kappa shape index (κ1) is 16.0. The fourth-order valence-electron chi connectivity index (χ4n) is 3.11. The highest BCUT2D eigenvalue weighted by atomic mass is 19.1. The molecule has 1 amide bonds. The maximum absolute atomic E-state index is 13.2. The van der Waals surface area contributed by atoms with Crippen LogP contribution in [0.5, 0.6) is 0 Å². The molecule has 2 heterocycles. The molecule has 0 bridgehead atoms. The van der Waals surface area contributed by atoms with E-state index >= 15 is 0 Å². The van der Waals surface area contributed by atoms with Crippen LogP contribution < -0.4 is 5.32 Å². The zero-order valence-electron chi connectivity index (χ0n) is 13.6. The van der Waals surface area contributed by atoms with Gasteiger partial charge in [-0.3, -0.25) is 4.79 Å². The summed E-state index contributed by atoms with van der Waals surface area (Å²) in [5.74, 6) is 0.422. The lowest BCUT2D eigenvalue weighted by Crippen LogP contribution is -2.35. The molecule has 0 spiro atoms. The Morgan fingerprint density at radius 1 is 1.35 bits per heavy atom. The zero-order valence-corrected chi connectivity index (χ0v) is 13.6. The Kier molecular flexibility index (Phi) is 4.96. The average Bonchev–Trinajstić information content (AvgIpc) is 2.96. The molecule has 0 radical (unpaired) electrons. The summed E-state index contributed by atoms with van der Waals surface area (Å²) in [6, 6.07) is 6.17. The second kappa shape index (κ2) is 7.13. The average molecular weight is 317 g/mol. The molecule has 1 aliphatic heterocycles. The molecule has 1 aromatic heterocycles. The van der Waals surface area contributed by atoms with Crippen LogP contribution in [0.3, 0.4) is 0 Å². The normalized spacial score (nSPS) is 16.8. The highest BCUT2D eigenvalue weighted by molar-refractivity contribution is 5.97. The first-order valence-electron chi connectivity index (χ1n) is 8.40. The maximum Gasteiger partial charge on any atom is 0.267 e. The monoisotopic (exact) mass is 317 g/mol. The molecule has 1 aliphatic rings. The van der Waals surface area contributed by atoms with Gasteiger partial charge >= 0.3 is 0 Å². The van der Waals surface area contributed by atoms with Gasteiger partial charge in [0.05, 0.1) is 0 Å². The quantitative estimate of drug-likeness (QED) is 0.832. The van der Waals surface area contributed by atoms with Crippen LogP contribution in [0.2, 0.25) is 0 Å². The number of aromatic amines is 1. The fraction of sp³-hybridized carbons (Fsp3) is 0.500. The van der Waals surface area contributed by atoms with Crippen molar-refractivity contribution in [3.05, 3.63) is 35.8 Å². The number of likely N-dealkylation sites (tertiary alicyclic amines) is 1. The van der Waals surface area contributed by atoms with Crippen molar-refractivity contribution in [2.24, 2.45) is 5.92 Å². The summed E-state index contributed by atoms with van der Waals surface area (Å²) in [4.78, 5) is 17.6. The number of nitrogens with zero attached hydrogens (tertiary/aromatic N) is 1. The summed E-state index contributed by atoms with van der Waals surface area (Å²) < 4.78 is 13.2. The third kappa shape index (κ3) is 4.10. The van der Waals surface area contributed by atoms with Crippen molar-refractivity contribution in [3.63, 3.8) is 0 Å². The van der Waals surface area contributed by atoms with Gasteiger partial charge in [-0.05, 0) is 69.1 Å². The summed E-state index contributed by atoms with van der Waals surface area (Å²) in [5, 5.41) is 3.65. The molecule has 3 rings (SSSR count). The van der Waals surface area contributed by atoms with Crippen molar-refractivity contribution < 1.29 is 9.18 Å². The number of aromatic nitrogens is 1. The summed E-state index contributed by atoms with van der Waals surface area (Å²) in [6.07, 6.45) is 3.50. The number of hydrogen-bond acceptors (Lipinski definition) is 2. The summed E-state index contributed by atoms with van der Waals surface area (Å²) in [5.41, 5.74) is 1.26. The van der Waals surface area contributed by atoms with Gasteiger partial charge in [-0.1, -0.05) is 6.92 Å². The molecule has 0 unspecified atom stereocenters. The lowest BCUT2D eigenvalue weighted by molar-refractivity contribution is 0.0946. The fourth-order valence-corrected chi connectivity index (χ4v) is 3.11. The van der Waals surface area contributed by atoms with E-state index in [4.69, 9.17) is 0 Å². The van der Waals surface area contributed by atoms with E-state index in [-0.39, 0.29) is 11.7 Å². The Morgan fingerprint density at radius 2 is 2.13 bits per heavy atom. The minimum atomic E-state index is -0.292. The van der Waals surface area contributed by atoms with Crippen molar-refractivity contribution in [1.29, 1.82) is 0 Å². The van der Waals surface area contributed by atoms with Crippen LogP contribution in [0.1, 0.15) is 36.7 Å². The predicted octanol–water partition coefficient (Wildman–Crippen LogP) is 3.16. The predicted molar refractivity (Wildman–Crippen MR) is 90.0 cm³/mol. The number of rotatable bonds is 5. The van der Waals surface area contributed by atoms with E-state index in [1.165, 1.54) is 38.1 Å². The molecule has 4 nitrogen and oxygen atoms in total. The summed E-state index contributed by atoms with van der Waals surface area (Å²) in [7, 11) is 0. The number of carbonyl (C=O) groups is 1. The molecule has 124 valence electrons. The van der Waals surface area contributed by atoms with E-state index in [1.807, 2.05) is 0 Å². The van der Waals surface area contributed by atoms with Crippen LogP contribution in [0.15, 0.2) is 24.3 Å². The molecule has 23 heavy (non-hydrogen) atoms. The van der Waals surface area contributed by atoms with Crippen LogP contribution in [-0.2, 0) is 0 Å². The smallest absolute Gasteiger partial charge is 0.267 e. The van der Waals surface area contributed by atoms with E-state index < -0.39 is 0 Å². The van der Waals surface area contributed by atoms with Gasteiger partial charge in [0.15, 0.2) is 0 Å². The van der Waals surface area contributed by atoms with Gasteiger partial charge in [0.1, 0.15) is 11.5 Å². The Morgan fingerprint density at radius 3 is 2.91 bits per heavy atom. The Balaban J connectivity index is 1.45. The van der Waals surface area contributed by atoms with Crippen LogP contribution in [-0.4, -0.2) is 42.0 Å². The number of piperidine rings is 1. The molecule has 0 aliphatic carbocycles. The lowest BCUT2D eigenvalue weighted by Gasteiger charge is -2.30. The molecule has 1 fully saturated rings. The highest BCUT2D eigenvalue weighted by Crippen LogP contribution is 2.17. The molecular formula is C18H24FN3O. The van der Waals surface area contributed by atoms with Gasteiger partial charge < -0.3 is 15.2 Å². The number of halogens is 1. The molecule has 1 saturated heterocycles. The molecule has 2 N–H and O–H groups in total. The summed E-state index contributed by atoms with van der Waals surface area (Å²) in [6.45, 7) is 6.34. The minimum Gasteiger partial charge on any atom is -0.351 e. The van der Waals surface area contributed by atoms with Crippen molar-refractivity contribution >= 4 is 16.8 Å². The van der Waals surface area contributed by atoms with Crippen molar-refractivity contribution in [1.82, 2.24) is 15.2 Å². The Bertz CT molecular complexity index is 674. The topological polar surface area (TPSA) is 48.1 Å². The third-order valence-electron chi connectivity index (χ3n) is 4.64. The van der Waals surface area contributed by atoms with Gasteiger partial charge in [-0.15, -0.1) is 0 Å². The van der Waals surface area contributed by atoms with Gasteiger partial charge in [0.25, 0.3) is 5.91 Å². The number of hydrogen-bond donors (Lipinski definition) is 2. The second-order valence-corrected chi connectivity index (χ2v) is 6.55. The van der Waals surface area contributed by atoms with Crippen LogP contribution in [0, 0.1) is 11.7 Å². The van der Waals surface area contributed by atoms with Crippen LogP contribution in [0.25, 0.3) is 10.9 Å². The first-order valence-corrected chi connectivity index (χ1v) is 8.40. The van der Waals surface area contributed by atoms with Gasteiger partial charge in [0.2, 0.25) is 0 Å².